The summed E-state index contributed by atoms with van der Waals surface area (Å²) in [5, 5.41) is 10.0. The van der Waals surface area contributed by atoms with E-state index in [0.717, 1.165) is 24.6 Å². The molecule has 1 amide bonds. The number of nitrogens with zero attached hydrogens (tertiary/aromatic N) is 2. The van der Waals surface area contributed by atoms with Crippen LogP contribution in [0.15, 0.2) is 18.2 Å². The molecule has 7 nitrogen and oxygen atoms in total. The third kappa shape index (κ3) is 2.98. The molecule has 0 radical (unpaired) electrons. The molecule has 9 heteroatoms. The van der Waals surface area contributed by atoms with Crippen LogP contribution in [0.3, 0.4) is 0 Å². The van der Waals surface area contributed by atoms with Crippen LogP contribution in [-0.2, 0) is 15.0 Å². The molecular weight excluding hydrogens is 349 g/mol. The van der Waals surface area contributed by atoms with Gasteiger partial charge in [-0.2, -0.15) is 8.42 Å². The minimum Gasteiger partial charge on any atom is -0.506 e. The van der Waals surface area contributed by atoms with E-state index in [4.69, 9.17) is 0 Å². The predicted molar refractivity (Wildman–Crippen MR) is 89.6 cm³/mol. The van der Waals surface area contributed by atoms with Crippen molar-refractivity contribution in [2.24, 2.45) is 5.92 Å². The molecule has 1 saturated carbocycles. The number of phenolic OH excluding ortho intramolecular Hbond substituents is 1. The summed E-state index contributed by atoms with van der Waals surface area (Å²) in [6, 6.07) is 2.70. The summed E-state index contributed by atoms with van der Waals surface area (Å²) in [5.74, 6) is -1.39. The number of carbonyl (C=O) groups is 1. The number of hydrogen-bond acceptors (Lipinski definition) is 5. The van der Waals surface area contributed by atoms with Crippen LogP contribution in [0.25, 0.3) is 5.57 Å². The lowest BCUT2D eigenvalue weighted by molar-refractivity contribution is -0.117. The lowest BCUT2D eigenvalue weighted by Gasteiger charge is -2.20. The number of amides is 1. The highest BCUT2D eigenvalue weighted by Gasteiger charge is 2.38. The quantitative estimate of drug-likeness (QED) is 0.822. The average Bonchev–Trinajstić information content (AvgIpc) is 3.14. The van der Waals surface area contributed by atoms with Crippen LogP contribution in [0.5, 0.6) is 5.75 Å². The Kier molecular flexibility index (Phi) is 3.73. The number of aromatic hydroxyl groups is 1. The molecule has 0 atom stereocenters. The summed E-state index contributed by atoms with van der Waals surface area (Å²) in [6.45, 7) is 1.74. The van der Waals surface area contributed by atoms with E-state index in [1.165, 1.54) is 25.0 Å². The van der Waals surface area contributed by atoms with Gasteiger partial charge in [-0.15, -0.1) is 0 Å². The van der Waals surface area contributed by atoms with Crippen LogP contribution in [0.2, 0.25) is 0 Å². The molecule has 2 heterocycles. The van der Waals surface area contributed by atoms with Gasteiger partial charge in [-0.3, -0.25) is 9.69 Å². The largest absolute Gasteiger partial charge is 0.506 e. The number of hydrogen-bond donors (Lipinski definition) is 2. The lowest BCUT2D eigenvalue weighted by atomic mass is 10.0. The van der Waals surface area contributed by atoms with E-state index in [2.05, 4.69) is 4.90 Å². The number of benzene rings is 1. The number of anilines is 1. The molecule has 0 aromatic heterocycles. The standard InChI is InChI=1S/C16H18FN3O4S/c17-15-12(11-5-6-19(8-11)7-10-1-2-10)3-4-13(21)16(15)20-9-14(22)18-25(20,23)24/h3-5,10,21H,1-2,6-9H2,(H,18,22). The second-order valence-electron chi connectivity index (χ2n) is 6.70. The molecule has 3 aliphatic rings. The topological polar surface area (TPSA) is 90.0 Å². The van der Waals surface area contributed by atoms with Crippen molar-refractivity contribution in [1.82, 2.24) is 9.62 Å². The number of phenols is 1. The Morgan fingerprint density at radius 1 is 1.28 bits per heavy atom. The molecule has 134 valence electrons. The highest BCUT2D eigenvalue weighted by Crippen LogP contribution is 2.38. The van der Waals surface area contributed by atoms with Gasteiger partial charge in [0.2, 0.25) is 0 Å². The summed E-state index contributed by atoms with van der Waals surface area (Å²) < 4.78 is 41.4. The third-order valence-corrected chi connectivity index (χ3v) is 6.09. The molecule has 2 N–H and O–H groups in total. The second-order valence-corrected chi connectivity index (χ2v) is 8.29. The van der Waals surface area contributed by atoms with Crippen molar-refractivity contribution in [3.8, 4) is 5.75 Å². The van der Waals surface area contributed by atoms with Crippen LogP contribution < -0.4 is 9.03 Å². The van der Waals surface area contributed by atoms with E-state index in [9.17, 15) is 18.3 Å². The summed E-state index contributed by atoms with van der Waals surface area (Å²) in [4.78, 5) is 13.6. The number of carbonyl (C=O) groups excluding carboxylic acids is 1. The van der Waals surface area contributed by atoms with Crippen molar-refractivity contribution in [2.75, 3.05) is 30.5 Å². The highest BCUT2D eigenvalue weighted by atomic mass is 32.2. The van der Waals surface area contributed by atoms with Gasteiger partial charge in [-0.1, -0.05) is 6.08 Å². The number of rotatable bonds is 4. The summed E-state index contributed by atoms with van der Waals surface area (Å²) in [6.07, 6.45) is 4.39. The Morgan fingerprint density at radius 2 is 2.04 bits per heavy atom. The van der Waals surface area contributed by atoms with Crippen LogP contribution in [0.1, 0.15) is 18.4 Å². The van der Waals surface area contributed by atoms with Crippen molar-refractivity contribution in [3.63, 3.8) is 0 Å². The predicted octanol–water partition coefficient (Wildman–Crippen LogP) is 0.821. The van der Waals surface area contributed by atoms with Gasteiger partial charge < -0.3 is 5.11 Å². The third-order valence-electron chi connectivity index (χ3n) is 4.71. The Balaban J connectivity index is 1.66. The van der Waals surface area contributed by atoms with Gasteiger partial charge in [0.1, 0.15) is 18.0 Å². The molecule has 4 rings (SSSR count). The summed E-state index contributed by atoms with van der Waals surface area (Å²) >= 11 is 0. The van der Waals surface area contributed by atoms with Gasteiger partial charge in [0.25, 0.3) is 5.91 Å². The molecule has 1 aliphatic carbocycles. The summed E-state index contributed by atoms with van der Waals surface area (Å²) in [5.41, 5.74) is 0.522. The fraction of sp³-hybridized carbons (Fsp3) is 0.438. The Bertz CT molecular complexity index is 880. The van der Waals surface area contributed by atoms with Crippen molar-refractivity contribution >= 4 is 27.4 Å². The first kappa shape index (κ1) is 16.3. The zero-order chi connectivity index (χ0) is 17.8. The molecule has 2 aliphatic heterocycles. The molecule has 0 bridgehead atoms. The molecule has 1 aromatic rings. The van der Waals surface area contributed by atoms with E-state index in [0.29, 0.717) is 10.8 Å². The lowest BCUT2D eigenvalue weighted by Crippen LogP contribution is -2.30. The Hall–Kier alpha value is -2.13. The van der Waals surface area contributed by atoms with Crippen LogP contribution in [0.4, 0.5) is 10.1 Å². The zero-order valence-electron chi connectivity index (χ0n) is 13.4. The van der Waals surface area contributed by atoms with Crippen molar-refractivity contribution in [1.29, 1.82) is 0 Å². The maximum atomic E-state index is 15.0. The SMILES string of the molecule is O=C1CN(c2c(O)ccc(C3=CCN(CC4CC4)C3)c2F)S(=O)(=O)N1. The zero-order valence-corrected chi connectivity index (χ0v) is 14.2. The smallest absolute Gasteiger partial charge is 0.326 e. The molecule has 2 fully saturated rings. The molecule has 0 unspecified atom stereocenters. The van der Waals surface area contributed by atoms with Crippen LogP contribution >= 0.6 is 0 Å². The van der Waals surface area contributed by atoms with E-state index >= 15 is 4.39 Å². The number of nitrogens with one attached hydrogen (secondary N) is 1. The van der Waals surface area contributed by atoms with Gasteiger partial charge >= 0.3 is 10.2 Å². The molecule has 1 saturated heterocycles. The fourth-order valence-electron chi connectivity index (χ4n) is 3.29. The van der Waals surface area contributed by atoms with Gasteiger partial charge in [0.15, 0.2) is 5.82 Å². The van der Waals surface area contributed by atoms with E-state index in [-0.39, 0.29) is 5.56 Å². The summed E-state index contributed by atoms with van der Waals surface area (Å²) in [7, 11) is -4.19. The van der Waals surface area contributed by atoms with Gasteiger partial charge in [-0.25, -0.2) is 13.4 Å². The van der Waals surface area contributed by atoms with Gasteiger partial charge in [-0.05, 0) is 36.5 Å². The highest BCUT2D eigenvalue weighted by molar-refractivity contribution is 7.92. The van der Waals surface area contributed by atoms with Crippen molar-refractivity contribution in [3.05, 3.63) is 29.6 Å². The molecule has 25 heavy (non-hydrogen) atoms. The maximum Gasteiger partial charge on any atom is 0.326 e. The van der Waals surface area contributed by atoms with E-state index in [1.807, 2.05) is 6.08 Å². The normalized spacial score (nSPS) is 23.0. The number of halogens is 1. The second kappa shape index (κ2) is 5.70. The van der Waals surface area contributed by atoms with Crippen LogP contribution in [0, 0.1) is 11.7 Å². The first-order chi connectivity index (χ1) is 11.8. The van der Waals surface area contributed by atoms with Crippen molar-refractivity contribution < 1.29 is 22.7 Å². The fourth-order valence-corrected chi connectivity index (χ4v) is 4.46. The first-order valence-electron chi connectivity index (χ1n) is 8.11. The van der Waals surface area contributed by atoms with E-state index in [1.54, 1.807) is 4.72 Å². The van der Waals surface area contributed by atoms with Crippen molar-refractivity contribution in [2.45, 2.75) is 12.8 Å². The van der Waals surface area contributed by atoms with Crippen LogP contribution in [-0.4, -0.2) is 50.5 Å². The monoisotopic (exact) mass is 367 g/mol. The van der Waals surface area contributed by atoms with E-state index < -0.39 is 39.9 Å². The Morgan fingerprint density at radius 3 is 2.68 bits per heavy atom. The minimum absolute atomic E-state index is 0.251. The van der Waals surface area contributed by atoms with Gasteiger partial charge in [0.05, 0.1) is 0 Å². The molecule has 0 spiro atoms. The van der Waals surface area contributed by atoms with Gasteiger partial charge in [0, 0.05) is 25.2 Å². The first-order valence-corrected chi connectivity index (χ1v) is 9.55. The average molecular weight is 367 g/mol. The Labute approximate surface area is 144 Å². The molecule has 1 aromatic carbocycles. The maximum absolute atomic E-state index is 15.0. The molecular formula is C16H18FN3O4S. The minimum atomic E-state index is -4.19.